The number of rotatable bonds is 6. The first-order chi connectivity index (χ1) is 13.2. The first-order valence-electron chi connectivity index (χ1n) is 8.15. The predicted molar refractivity (Wildman–Crippen MR) is 91.9 cm³/mol. The Morgan fingerprint density at radius 2 is 2.37 bits per heavy atom. The lowest BCUT2D eigenvalue weighted by Gasteiger charge is -2.12. The van der Waals surface area contributed by atoms with Crippen molar-refractivity contribution in [2.45, 2.75) is 18.9 Å². The maximum absolute atomic E-state index is 12.4. The van der Waals surface area contributed by atoms with Gasteiger partial charge in [-0.3, -0.25) is 19.0 Å². The van der Waals surface area contributed by atoms with Crippen molar-refractivity contribution in [1.82, 2.24) is 14.4 Å². The molecule has 3 aromatic rings. The fraction of sp³-hybridized carbons (Fsp3) is 0.312. The molecule has 0 aliphatic carbocycles. The van der Waals surface area contributed by atoms with Crippen molar-refractivity contribution in [2.24, 2.45) is 5.28 Å². The zero-order valence-electron chi connectivity index (χ0n) is 14.0. The minimum absolute atomic E-state index is 0.0799. The van der Waals surface area contributed by atoms with Crippen LogP contribution in [-0.2, 0) is 21.2 Å². The van der Waals surface area contributed by atoms with E-state index in [1.165, 1.54) is 6.20 Å². The van der Waals surface area contributed by atoms with E-state index >= 15 is 0 Å². The Balaban J connectivity index is 1.90. The van der Waals surface area contributed by atoms with E-state index in [9.17, 15) is 9.59 Å². The third-order valence-corrected chi connectivity index (χ3v) is 4.53. The fourth-order valence-electron chi connectivity index (χ4n) is 3.29. The lowest BCUT2D eigenvalue weighted by atomic mass is 10.1. The van der Waals surface area contributed by atoms with Gasteiger partial charge in [-0.25, -0.2) is 4.98 Å². The second-order valence-corrected chi connectivity index (χ2v) is 6.05. The molecular weight excluding hydrogens is 356 g/mol. The van der Waals surface area contributed by atoms with Crippen molar-refractivity contribution in [3.05, 3.63) is 56.1 Å². The summed E-state index contributed by atoms with van der Waals surface area (Å²) in [7, 11) is 0. The van der Waals surface area contributed by atoms with Gasteiger partial charge in [0.05, 0.1) is 23.8 Å². The van der Waals surface area contributed by atoms with Crippen LogP contribution in [0.5, 0.6) is 0 Å². The van der Waals surface area contributed by atoms with E-state index < -0.39 is 0 Å². The van der Waals surface area contributed by atoms with Crippen LogP contribution in [0.25, 0.3) is 27.0 Å². The van der Waals surface area contributed by atoms with Gasteiger partial charge in [-0.15, -0.1) is 0 Å². The second-order valence-electron chi connectivity index (χ2n) is 6.05. The molecule has 1 N–H and O–H groups in total. The van der Waals surface area contributed by atoms with E-state index in [1.54, 1.807) is 16.5 Å². The smallest absolute Gasteiger partial charge is 0.274 e. The van der Waals surface area contributed by atoms with E-state index in [0.717, 1.165) is 12.2 Å². The summed E-state index contributed by atoms with van der Waals surface area (Å²) in [6.07, 6.45) is 2.99. The van der Waals surface area contributed by atoms with Gasteiger partial charge in [0.25, 0.3) is 5.56 Å². The van der Waals surface area contributed by atoms with E-state index in [-0.39, 0.29) is 18.1 Å². The quantitative estimate of drug-likeness (QED) is 0.134. The average Bonchev–Trinajstić information content (AvgIpc) is 3.34. The molecule has 0 bridgehead atoms. The number of nitrogens with zero attached hydrogens (tertiary/aromatic N) is 5. The molecule has 0 radical (unpaired) electrons. The van der Waals surface area contributed by atoms with Crippen molar-refractivity contribution >= 4 is 22.8 Å². The van der Waals surface area contributed by atoms with Crippen molar-refractivity contribution in [3.8, 4) is 0 Å². The molecule has 138 valence electrons. The number of carbonyl (C=O) groups is 1. The number of aromatic amines is 1. The van der Waals surface area contributed by atoms with Gasteiger partial charge in [-0.05, 0) is 29.6 Å². The number of ether oxygens (including phenoxy) is 1. The predicted octanol–water partition coefficient (Wildman–Crippen LogP) is 2.17. The summed E-state index contributed by atoms with van der Waals surface area (Å²) in [5.74, 6) is 0.811. The Morgan fingerprint density at radius 3 is 3.11 bits per heavy atom. The number of hydrogen-bond acceptors (Lipinski definition) is 7. The Bertz CT molecular complexity index is 1120. The summed E-state index contributed by atoms with van der Waals surface area (Å²) in [6, 6.07) is 3.27. The summed E-state index contributed by atoms with van der Waals surface area (Å²) < 4.78 is 7.22. The van der Waals surface area contributed by atoms with Gasteiger partial charge in [0.15, 0.2) is 0 Å². The number of aromatic nitrogens is 3. The highest BCUT2D eigenvalue weighted by Crippen LogP contribution is 2.27. The molecule has 4 rings (SSSR count). The third-order valence-electron chi connectivity index (χ3n) is 4.53. The highest BCUT2D eigenvalue weighted by atomic mass is 17.3. The van der Waals surface area contributed by atoms with Gasteiger partial charge in [-0.2, -0.15) is 4.89 Å². The number of aldehydes is 1. The van der Waals surface area contributed by atoms with Crippen molar-refractivity contribution in [1.29, 1.82) is 0 Å². The number of fused-ring (bicyclic) bond motifs is 3. The second kappa shape index (κ2) is 7.08. The van der Waals surface area contributed by atoms with Crippen LogP contribution >= 0.6 is 0 Å². The summed E-state index contributed by atoms with van der Waals surface area (Å²) in [4.78, 5) is 42.5. The Hall–Kier alpha value is -3.40. The van der Waals surface area contributed by atoms with Crippen molar-refractivity contribution < 1.29 is 19.4 Å². The van der Waals surface area contributed by atoms with Gasteiger partial charge in [0.2, 0.25) is 0 Å². The molecule has 1 saturated heterocycles. The van der Waals surface area contributed by atoms with Gasteiger partial charge < -0.3 is 9.72 Å². The lowest BCUT2D eigenvalue weighted by Crippen LogP contribution is -2.13. The molecule has 0 amide bonds. The number of nitrogens with one attached hydrogen (secondary N) is 1. The number of benzene rings is 1. The fourth-order valence-corrected chi connectivity index (χ4v) is 3.29. The summed E-state index contributed by atoms with van der Waals surface area (Å²) in [6.45, 7) is 1.06. The van der Waals surface area contributed by atoms with Crippen LogP contribution in [0.4, 0.5) is 0 Å². The first-order valence-corrected chi connectivity index (χ1v) is 8.15. The molecule has 2 aromatic heterocycles. The minimum Gasteiger partial charge on any atom is -0.381 e. The highest BCUT2D eigenvalue weighted by Gasteiger charge is 2.24. The molecule has 1 atom stereocenters. The molecular formula is C16H14N6O5. The molecule has 11 nitrogen and oxygen atoms in total. The van der Waals surface area contributed by atoms with Crippen molar-refractivity contribution in [2.75, 3.05) is 13.2 Å². The largest absolute Gasteiger partial charge is 0.381 e. The number of azide groups is 1. The summed E-state index contributed by atoms with van der Waals surface area (Å²) in [5.41, 5.74) is 10.3. The van der Waals surface area contributed by atoms with Crippen molar-refractivity contribution in [3.63, 3.8) is 0 Å². The molecule has 3 heterocycles. The zero-order valence-corrected chi connectivity index (χ0v) is 14.0. The summed E-state index contributed by atoms with van der Waals surface area (Å²) in [5, 5.41) is 2.82. The summed E-state index contributed by atoms with van der Waals surface area (Å²) >= 11 is 0. The SMILES string of the molecule is [N-]=[N+]=NOOCc1cc2c(cc1C=O)[nH]c(=O)c1cnc(C3CCOC3)n12. The Kier molecular flexibility index (Phi) is 4.47. The Morgan fingerprint density at radius 1 is 1.48 bits per heavy atom. The molecule has 1 aromatic carbocycles. The standard InChI is InChI=1S/C16H14N6O5/c17-20-21-27-26-8-11-4-13-12(3-10(11)6-23)19-16(24)14-5-18-15(22(13)14)9-1-2-25-7-9/h3-6,9H,1-2,7-8H2,(H,19,24). The van der Waals surface area contributed by atoms with Crippen LogP contribution < -0.4 is 5.56 Å². The number of carbonyl (C=O) groups excluding carboxylic acids is 1. The van der Waals surface area contributed by atoms with Crippen LogP contribution in [0, 0.1) is 0 Å². The van der Waals surface area contributed by atoms with Crippen LogP contribution in [0.2, 0.25) is 0 Å². The molecule has 1 unspecified atom stereocenters. The zero-order chi connectivity index (χ0) is 18.8. The van der Waals surface area contributed by atoms with E-state index in [1.807, 2.05) is 0 Å². The van der Waals surface area contributed by atoms with Gasteiger partial charge in [-0.1, -0.05) is 0 Å². The normalized spacial score (nSPS) is 16.5. The topological polar surface area (TPSA) is 144 Å². The minimum atomic E-state index is -0.298. The van der Waals surface area contributed by atoms with Gasteiger partial charge in [0.1, 0.15) is 29.5 Å². The van der Waals surface area contributed by atoms with E-state index in [0.29, 0.717) is 47.2 Å². The molecule has 1 aliphatic rings. The third kappa shape index (κ3) is 2.99. The number of H-pyrrole nitrogens is 1. The van der Waals surface area contributed by atoms with Gasteiger partial charge >= 0.3 is 0 Å². The Labute approximate surface area is 151 Å². The first kappa shape index (κ1) is 17.0. The lowest BCUT2D eigenvalue weighted by molar-refractivity contribution is -0.307. The maximum atomic E-state index is 12.4. The van der Waals surface area contributed by atoms with Gasteiger partial charge in [0, 0.05) is 23.0 Å². The van der Waals surface area contributed by atoms with Crippen LogP contribution in [0.1, 0.15) is 34.1 Å². The number of imidazole rings is 1. The molecule has 0 saturated carbocycles. The van der Waals surface area contributed by atoms with E-state index in [4.69, 9.17) is 15.2 Å². The molecule has 0 spiro atoms. The molecule has 11 heteroatoms. The molecule has 1 fully saturated rings. The maximum Gasteiger partial charge on any atom is 0.274 e. The van der Waals surface area contributed by atoms with Crippen LogP contribution in [0.15, 0.2) is 28.4 Å². The molecule has 1 aliphatic heterocycles. The van der Waals surface area contributed by atoms with E-state index in [2.05, 4.69) is 25.1 Å². The number of hydrogen-bond donors (Lipinski definition) is 1. The molecule has 27 heavy (non-hydrogen) atoms. The van der Waals surface area contributed by atoms with Crippen LogP contribution in [0.3, 0.4) is 0 Å². The van der Waals surface area contributed by atoms with Crippen LogP contribution in [-0.4, -0.2) is 33.9 Å². The monoisotopic (exact) mass is 370 g/mol. The highest BCUT2D eigenvalue weighted by molar-refractivity contribution is 5.88. The average molecular weight is 370 g/mol.